The first-order chi connectivity index (χ1) is 4.20. The molecule has 0 saturated heterocycles. The Labute approximate surface area is 56.4 Å². The first-order valence-corrected chi connectivity index (χ1v) is 3.72. The molecule has 1 fully saturated rings. The van der Waals surface area contributed by atoms with Crippen LogP contribution in [0.4, 0.5) is 0 Å². The molecule has 0 amide bonds. The van der Waals surface area contributed by atoms with Gasteiger partial charge in [0, 0.05) is 12.8 Å². The van der Waals surface area contributed by atoms with Gasteiger partial charge in [0.25, 0.3) is 0 Å². The van der Waals surface area contributed by atoms with Gasteiger partial charge >= 0.3 is 0 Å². The minimum Gasteiger partial charge on any atom is -0.300 e. The molecule has 0 aliphatic heterocycles. The second kappa shape index (κ2) is 2.51. The van der Waals surface area contributed by atoms with E-state index in [9.17, 15) is 4.79 Å². The van der Waals surface area contributed by atoms with Crippen molar-refractivity contribution in [2.75, 3.05) is 0 Å². The van der Waals surface area contributed by atoms with Gasteiger partial charge in [-0.3, -0.25) is 4.79 Å². The molecule has 0 radical (unpaired) electrons. The highest BCUT2D eigenvalue weighted by molar-refractivity contribution is 5.79. The van der Waals surface area contributed by atoms with Crippen LogP contribution in [0.1, 0.15) is 33.1 Å². The third-order valence-corrected chi connectivity index (χ3v) is 2.40. The summed E-state index contributed by atoms with van der Waals surface area (Å²) in [5.41, 5.74) is 0. The lowest BCUT2D eigenvalue weighted by molar-refractivity contribution is -0.122. The Kier molecular flexibility index (Phi) is 1.89. The second-order valence-corrected chi connectivity index (χ2v) is 3.24. The zero-order valence-electron chi connectivity index (χ0n) is 6.18. The van der Waals surface area contributed by atoms with E-state index in [4.69, 9.17) is 0 Å². The Morgan fingerprint density at radius 1 is 1.33 bits per heavy atom. The van der Waals surface area contributed by atoms with Crippen LogP contribution in [0.3, 0.4) is 0 Å². The van der Waals surface area contributed by atoms with Gasteiger partial charge in [-0.2, -0.15) is 0 Å². The van der Waals surface area contributed by atoms with Crippen molar-refractivity contribution in [3.8, 4) is 0 Å². The van der Waals surface area contributed by atoms with Crippen LogP contribution in [0.5, 0.6) is 0 Å². The maximum absolute atomic E-state index is 10.8. The normalized spacial score (nSPS) is 36.9. The molecule has 0 aromatic carbocycles. The molecular weight excluding hydrogens is 112 g/mol. The third-order valence-electron chi connectivity index (χ3n) is 2.40. The summed E-state index contributed by atoms with van der Waals surface area (Å²) in [4.78, 5) is 10.8. The third kappa shape index (κ3) is 1.54. The van der Waals surface area contributed by atoms with Gasteiger partial charge in [0.1, 0.15) is 5.78 Å². The average Bonchev–Trinajstić information content (AvgIpc) is 1.80. The summed E-state index contributed by atoms with van der Waals surface area (Å²) in [5.74, 6) is 1.86. The fourth-order valence-corrected chi connectivity index (χ4v) is 1.34. The molecule has 1 saturated carbocycles. The number of rotatable bonds is 0. The van der Waals surface area contributed by atoms with E-state index in [1.807, 2.05) is 0 Å². The molecule has 0 N–H and O–H groups in total. The zero-order chi connectivity index (χ0) is 6.85. The van der Waals surface area contributed by atoms with Crippen LogP contribution in [-0.2, 0) is 4.79 Å². The van der Waals surface area contributed by atoms with Gasteiger partial charge in [0.15, 0.2) is 0 Å². The van der Waals surface area contributed by atoms with Crippen LogP contribution in [0.25, 0.3) is 0 Å². The maximum Gasteiger partial charge on any atom is 0.133 e. The molecule has 0 aromatic heterocycles. The van der Waals surface area contributed by atoms with Crippen molar-refractivity contribution in [3.63, 3.8) is 0 Å². The summed E-state index contributed by atoms with van der Waals surface area (Å²) in [6, 6.07) is 0. The van der Waals surface area contributed by atoms with Gasteiger partial charge in [-0.05, 0) is 18.3 Å². The summed E-state index contributed by atoms with van der Waals surface area (Å²) < 4.78 is 0. The largest absolute Gasteiger partial charge is 0.300 e. The molecule has 0 aromatic rings. The van der Waals surface area contributed by atoms with Gasteiger partial charge < -0.3 is 0 Å². The van der Waals surface area contributed by atoms with E-state index in [0.29, 0.717) is 11.7 Å². The SMILES string of the molecule is CC1CCC(=O)C[C@H]1C. The summed E-state index contributed by atoms with van der Waals surface area (Å²) in [5, 5.41) is 0. The lowest BCUT2D eigenvalue weighted by atomic mass is 9.81. The number of ketones is 1. The number of hydrogen-bond acceptors (Lipinski definition) is 1. The fourth-order valence-electron chi connectivity index (χ4n) is 1.34. The van der Waals surface area contributed by atoms with Crippen molar-refractivity contribution in [2.24, 2.45) is 11.8 Å². The van der Waals surface area contributed by atoms with Crippen molar-refractivity contribution in [3.05, 3.63) is 0 Å². The minimum atomic E-state index is 0.459. The molecule has 0 heterocycles. The van der Waals surface area contributed by atoms with Crippen LogP contribution >= 0.6 is 0 Å². The molecule has 52 valence electrons. The lowest BCUT2D eigenvalue weighted by Crippen LogP contribution is -2.19. The number of carbonyl (C=O) groups excluding carboxylic acids is 1. The highest BCUT2D eigenvalue weighted by atomic mass is 16.1. The van der Waals surface area contributed by atoms with E-state index in [2.05, 4.69) is 13.8 Å². The molecule has 0 spiro atoms. The fraction of sp³-hybridized carbons (Fsp3) is 0.875. The van der Waals surface area contributed by atoms with E-state index >= 15 is 0 Å². The van der Waals surface area contributed by atoms with Gasteiger partial charge in [0.05, 0.1) is 0 Å². The highest BCUT2D eigenvalue weighted by Crippen LogP contribution is 2.26. The molecule has 2 atom stereocenters. The Hall–Kier alpha value is -0.330. The first-order valence-electron chi connectivity index (χ1n) is 3.72. The minimum absolute atomic E-state index is 0.459. The van der Waals surface area contributed by atoms with Crippen molar-refractivity contribution in [1.29, 1.82) is 0 Å². The van der Waals surface area contributed by atoms with Crippen LogP contribution in [0.15, 0.2) is 0 Å². The topological polar surface area (TPSA) is 17.1 Å². The van der Waals surface area contributed by atoms with Gasteiger partial charge in [-0.25, -0.2) is 0 Å². The highest BCUT2D eigenvalue weighted by Gasteiger charge is 2.21. The Morgan fingerprint density at radius 3 is 2.44 bits per heavy atom. The summed E-state index contributed by atoms with van der Waals surface area (Å²) >= 11 is 0. The van der Waals surface area contributed by atoms with E-state index in [1.165, 1.54) is 0 Å². The summed E-state index contributed by atoms with van der Waals surface area (Å²) in [7, 11) is 0. The first kappa shape index (κ1) is 6.79. The molecular formula is C8H14O. The van der Waals surface area contributed by atoms with Crippen molar-refractivity contribution in [1.82, 2.24) is 0 Å². The van der Waals surface area contributed by atoms with Gasteiger partial charge in [0.2, 0.25) is 0 Å². The van der Waals surface area contributed by atoms with Crippen molar-refractivity contribution >= 4 is 5.78 Å². The average molecular weight is 126 g/mol. The Bertz CT molecular complexity index is 118. The number of hydrogen-bond donors (Lipinski definition) is 0. The number of carbonyl (C=O) groups is 1. The molecule has 1 aliphatic carbocycles. The van der Waals surface area contributed by atoms with Crippen LogP contribution in [0, 0.1) is 11.8 Å². The van der Waals surface area contributed by atoms with E-state index < -0.39 is 0 Å². The van der Waals surface area contributed by atoms with Crippen LogP contribution in [0.2, 0.25) is 0 Å². The smallest absolute Gasteiger partial charge is 0.133 e. The van der Waals surface area contributed by atoms with Crippen LogP contribution < -0.4 is 0 Å². The predicted molar refractivity (Wildman–Crippen MR) is 37.2 cm³/mol. The van der Waals surface area contributed by atoms with Crippen LogP contribution in [-0.4, -0.2) is 5.78 Å². The molecule has 9 heavy (non-hydrogen) atoms. The summed E-state index contributed by atoms with van der Waals surface area (Å²) in [6.45, 7) is 4.40. The zero-order valence-corrected chi connectivity index (χ0v) is 6.18. The quantitative estimate of drug-likeness (QED) is 0.485. The van der Waals surface area contributed by atoms with Gasteiger partial charge in [-0.1, -0.05) is 13.8 Å². The van der Waals surface area contributed by atoms with Crippen molar-refractivity contribution < 1.29 is 4.79 Å². The lowest BCUT2D eigenvalue weighted by Gasteiger charge is -2.23. The molecule has 1 unspecified atom stereocenters. The van der Waals surface area contributed by atoms with E-state index in [1.54, 1.807) is 0 Å². The molecule has 1 aliphatic rings. The second-order valence-electron chi connectivity index (χ2n) is 3.24. The standard InChI is InChI=1S/C8H14O/c1-6-3-4-8(9)5-7(6)2/h6-7H,3-5H2,1-2H3/t6?,7-/m1/s1. The van der Waals surface area contributed by atoms with E-state index in [0.717, 1.165) is 25.2 Å². The maximum atomic E-state index is 10.8. The Morgan fingerprint density at radius 2 is 2.00 bits per heavy atom. The predicted octanol–water partition coefficient (Wildman–Crippen LogP) is 2.01. The molecule has 1 nitrogen and oxygen atoms in total. The summed E-state index contributed by atoms with van der Waals surface area (Å²) in [6.07, 6.45) is 2.76. The Balaban J connectivity index is 2.44. The van der Waals surface area contributed by atoms with E-state index in [-0.39, 0.29) is 0 Å². The molecule has 0 bridgehead atoms. The molecule has 1 rings (SSSR count). The molecule has 1 heteroatoms. The number of Topliss-reactive ketones (excluding diaryl/α,β-unsaturated/α-hetero) is 1. The van der Waals surface area contributed by atoms with Crippen molar-refractivity contribution in [2.45, 2.75) is 33.1 Å². The van der Waals surface area contributed by atoms with Gasteiger partial charge in [-0.15, -0.1) is 0 Å². The monoisotopic (exact) mass is 126 g/mol.